The van der Waals surface area contributed by atoms with Gasteiger partial charge in [0.1, 0.15) is 11.6 Å². The lowest BCUT2D eigenvalue weighted by molar-refractivity contribution is -0.142. The molecule has 4 aromatic carbocycles. The highest BCUT2D eigenvalue weighted by atomic mass is 16.4. The zero-order chi connectivity index (χ0) is 36.1. The number of likely N-dealkylation sites (tertiary alicyclic amines) is 2. The first-order valence-corrected chi connectivity index (χ1v) is 17.9. The highest BCUT2D eigenvalue weighted by Crippen LogP contribution is 2.37. The van der Waals surface area contributed by atoms with E-state index >= 15 is 0 Å². The summed E-state index contributed by atoms with van der Waals surface area (Å²) in [6, 6.07) is 29.0. The van der Waals surface area contributed by atoms with Gasteiger partial charge in [-0.25, -0.2) is 15.0 Å². The van der Waals surface area contributed by atoms with E-state index in [1.807, 2.05) is 72.8 Å². The Hall–Kier alpha value is -6.11. The van der Waals surface area contributed by atoms with Gasteiger partial charge in [0.15, 0.2) is 18.0 Å². The second kappa shape index (κ2) is 13.5. The average molecular weight is 708 g/mol. The van der Waals surface area contributed by atoms with Crippen molar-refractivity contribution >= 4 is 33.9 Å². The molecule has 2 saturated heterocycles. The normalized spacial score (nSPS) is 18.6. The van der Waals surface area contributed by atoms with Gasteiger partial charge in [-0.15, -0.1) is 0 Å². The minimum Gasteiger partial charge on any atom is -0.436 e. The van der Waals surface area contributed by atoms with Crippen LogP contribution in [-0.2, 0) is 9.59 Å². The molecule has 53 heavy (non-hydrogen) atoms. The summed E-state index contributed by atoms with van der Waals surface area (Å²) < 4.78 is 6.26. The summed E-state index contributed by atoms with van der Waals surface area (Å²) in [6.07, 6.45) is 2.39. The van der Waals surface area contributed by atoms with E-state index in [9.17, 15) is 19.8 Å². The Morgan fingerprint density at radius 2 is 1.17 bits per heavy atom. The molecule has 12 heteroatoms. The number of nitrogens with zero attached hydrogens (tertiary/aromatic N) is 5. The number of oxazole rings is 1. The first-order valence-electron chi connectivity index (χ1n) is 17.9. The molecule has 1 unspecified atom stereocenters. The number of aromatic amines is 2. The van der Waals surface area contributed by atoms with Gasteiger partial charge in [-0.3, -0.25) is 9.59 Å². The third-order valence-electron chi connectivity index (χ3n) is 10.4. The number of benzene rings is 4. The number of rotatable bonds is 8. The summed E-state index contributed by atoms with van der Waals surface area (Å²) in [5.41, 5.74) is 5.86. The fraction of sp³-hybridized carbons (Fsp3) is 0.244. The van der Waals surface area contributed by atoms with Crippen LogP contribution in [-0.4, -0.2) is 69.8 Å². The molecule has 4 atom stereocenters. The van der Waals surface area contributed by atoms with Crippen LogP contribution in [0.15, 0.2) is 108 Å². The molecule has 2 amide bonds. The fourth-order valence-corrected chi connectivity index (χ4v) is 7.70. The van der Waals surface area contributed by atoms with E-state index in [4.69, 9.17) is 14.4 Å². The molecule has 4 N–H and O–H groups in total. The first kappa shape index (κ1) is 32.8. The number of imidazole rings is 2. The Labute approximate surface area is 304 Å². The molecule has 5 heterocycles. The van der Waals surface area contributed by atoms with Gasteiger partial charge in [-0.2, -0.15) is 0 Å². The fourth-order valence-electron chi connectivity index (χ4n) is 7.70. The van der Waals surface area contributed by atoms with E-state index in [2.05, 4.69) is 15.0 Å². The van der Waals surface area contributed by atoms with E-state index in [1.54, 1.807) is 40.3 Å². The van der Waals surface area contributed by atoms with Gasteiger partial charge in [-0.05, 0) is 73.2 Å². The molecule has 0 aliphatic carbocycles. The highest BCUT2D eigenvalue weighted by molar-refractivity contribution is 5.85. The SMILES string of the molecule is O=C([C@@H](O)c1ccccc1)N1CCCC1c1nc2ccc(-c3ncc(-c4ccc5nc([C@@H]6CCCN6C(=O)[C@H](O)c6ccccc6)[nH]c5c4)o3)cc2[nH]1. The van der Waals surface area contributed by atoms with Gasteiger partial charge in [0.05, 0.1) is 40.3 Å². The van der Waals surface area contributed by atoms with Crippen molar-refractivity contribution in [1.29, 1.82) is 0 Å². The topological polar surface area (TPSA) is 164 Å². The molecule has 0 radical (unpaired) electrons. The van der Waals surface area contributed by atoms with Crippen LogP contribution in [0.25, 0.3) is 44.8 Å². The maximum atomic E-state index is 13.3. The van der Waals surface area contributed by atoms with Crippen molar-refractivity contribution in [2.24, 2.45) is 0 Å². The summed E-state index contributed by atoms with van der Waals surface area (Å²) >= 11 is 0. The lowest BCUT2D eigenvalue weighted by atomic mass is 10.1. The summed E-state index contributed by atoms with van der Waals surface area (Å²) in [5.74, 6) is 1.75. The zero-order valence-electron chi connectivity index (χ0n) is 28.7. The summed E-state index contributed by atoms with van der Waals surface area (Å²) in [5, 5.41) is 21.6. The van der Waals surface area contributed by atoms with Crippen molar-refractivity contribution in [3.05, 3.63) is 126 Å². The molecular weight excluding hydrogens is 670 g/mol. The Morgan fingerprint density at radius 1 is 0.679 bits per heavy atom. The molecule has 2 aliphatic heterocycles. The van der Waals surface area contributed by atoms with E-state index < -0.39 is 12.2 Å². The van der Waals surface area contributed by atoms with E-state index in [-0.39, 0.29) is 23.9 Å². The molecule has 12 nitrogen and oxygen atoms in total. The van der Waals surface area contributed by atoms with Gasteiger partial charge in [-0.1, -0.05) is 60.7 Å². The zero-order valence-corrected chi connectivity index (χ0v) is 28.7. The Balaban J connectivity index is 0.924. The number of aromatic nitrogens is 5. The number of H-pyrrole nitrogens is 2. The molecule has 0 saturated carbocycles. The van der Waals surface area contributed by atoms with Gasteiger partial charge < -0.3 is 34.4 Å². The predicted molar refractivity (Wildman–Crippen MR) is 197 cm³/mol. The third kappa shape index (κ3) is 6.05. The molecule has 3 aromatic heterocycles. The number of carbonyl (C=O) groups excluding carboxylic acids is 2. The standard InChI is InChI=1S/C41H37N7O5/c49-35(24-9-3-1-4-10-24)40(51)47-19-7-13-32(47)37-43-28-17-15-26(21-30(28)45-37)34-23-42-39(53-34)27-16-18-29-31(22-27)46-38(44-29)33-14-8-20-48(33)41(52)36(50)25-11-5-2-6-12-25/h1-6,9-12,15-18,21-23,32-33,35-36,49-50H,7-8,13-14,19-20H2,(H,43,45)(H,44,46)/t32-,33?,35+,36-/m0/s1. The number of fused-ring (bicyclic) bond motifs is 2. The van der Waals surface area contributed by atoms with Crippen molar-refractivity contribution < 1.29 is 24.2 Å². The highest BCUT2D eigenvalue weighted by Gasteiger charge is 2.37. The molecule has 0 spiro atoms. The monoisotopic (exact) mass is 707 g/mol. The number of aliphatic hydroxyl groups is 2. The average Bonchev–Trinajstić information content (AvgIpc) is 4.05. The second-order valence-corrected chi connectivity index (χ2v) is 13.7. The number of nitrogens with one attached hydrogen (secondary N) is 2. The van der Waals surface area contributed by atoms with Gasteiger partial charge >= 0.3 is 0 Å². The van der Waals surface area contributed by atoms with Crippen LogP contribution in [0.5, 0.6) is 0 Å². The Kier molecular flexibility index (Phi) is 8.32. The minimum absolute atomic E-state index is 0.260. The van der Waals surface area contributed by atoms with Crippen molar-refractivity contribution in [2.75, 3.05) is 13.1 Å². The maximum Gasteiger partial charge on any atom is 0.256 e. The number of hydrogen-bond acceptors (Lipinski definition) is 8. The second-order valence-electron chi connectivity index (χ2n) is 13.7. The summed E-state index contributed by atoms with van der Waals surface area (Å²) in [6.45, 7) is 1.11. The predicted octanol–water partition coefficient (Wildman–Crippen LogP) is 6.56. The number of aliphatic hydroxyl groups excluding tert-OH is 2. The third-order valence-corrected chi connectivity index (χ3v) is 10.4. The van der Waals surface area contributed by atoms with Crippen molar-refractivity contribution in [3.8, 4) is 22.8 Å². The Morgan fingerprint density at radius 3 is 1.70 bits per heavy atom. The van der Waals surface area contributed by atoms with E-state index in [1.165, 1.54) is 0 Å². The molecular formula is C41H37N7O5. The molecule has 9 rings (SSSR count). The van der Waals surface area contributed by atoms with Gasteiger partial charge in [0, 0.05) is 24.2 Å². The van der Waals surface area contributed by atoms with Crippen LogP contribution in [0.4, 0.5) is 0 Å². The van der Waals surface area contributed by atoms with Crippen molar-refractivity contribution in [1.82, 2.24) is 34.7 Å². The van der Waals surface area contributed by atoms with Gasteiger partial charge in [0.25, 0.3) is 11.8 Å². The lowest BCUT2D eigenvalue weighted by Crippen LogP contribution is -2.35. The van der Waals surface area contributed by atoms with Gasteiger partial charge in [0.2, 0.25) is 5.89 Å². The largest absolute Gasteiger partial charge is 0.436 e. The van der Waals surface area contributed by atoms with Crippen molar-refractivity contribution in [3.63, 3.8) is 0 Å². The minimum atomic E-state index is -1.23. The van der Waals surface area contributed by atoms with Crippen LogP contribution in [0.1, 0.15) is 72.8 Å². The maximum absolute atomic E-state index is 13.3. The molecule has 7 aromatic rings. The molecule has 0 bridgehead atoms. The number of amides is 2. The van der Waals surface area contributed by atoms with Crippen LogP contribution < -0.4 is 0 Å². The summed E-state index contributed by atoms with van der Waals surface area (Å²) in [4.78, 5) is 51.2. The molecule has 2 aliphatic rings. The van der Waals surface area contributed by atoms with E-state index in [0.29, 0.717) is 47.5 Å². The Bertz CT molecular complexity index is 2270. The van der Waals surface area contributed by atoms with Crippen LogP contribution in [0.3, 0.4) is 0 Å². The smallest absolute Gasteiger partial charge is 0.256 e. The van der Waals surface area contributed by atoms with Crippen molar-refractivity contribution in [2.45, 2.75) is 50.0 Å². The van der Waals surface area contributed by atoms with Crippen LogP contribution in [0, 0.1) is 0 Å². The van der Waals surface area contributed by atoms with E-state index in [0.717, 1.165) is 58.9 Å². The number of hydrogen-bond donors (Lipinski definition) is 4. The number of carbonyl (C=O) groups is 2. The molecule has 2 fully saturated rings. The summed E-state index contributed by atoms with van der Waals surface area (Å²) in [7, 11) is 0. The quantitative estimate of drug-likeness (QED) is 0.138. The first-order chi connectivity index (χ1) is 25.9. The van der Waals surface area contributed by atoms with Crippen LogP contribution in [0.2, 0.25) is 0 Å². The molecule has 266 valence electrons. The van der Waals surface area contributed by atoms with Crippen LogP contribution >= 0.6 is 0 Å². The lowest BCUT2D eigenvalue weighted by Gasteiger charge is -2.25.